The molecule has 0 heterocycles. The van der Waals surface area contributed by atoms with Crippen LogP contribution in [0, 0.1) is 0 Å². The Labute approximate surface area is 119 Å². The lowest BCUT2D eigenvalue weighted by Gasteiger charge is -2.16. The van der Waals surface area contributed by atoms with E-state index in [-0.39, 0.29) is 25.6 Å². The summed E-state index contributed by atoms with van der Waals surface area (Å²) in [5.41, 5.74) is 0.858. The maximum absolute atomic E-state index is 11.5. The molecule has 8 heteroatoms. The quantitative estimate of drug-likeness (QED) is 0.505. The van der Waals surface area contributed by atoms with Gasteiger partial charge in [-0.1, -0.05) is 30.3 Å². The largest absolute Gasteiger partial charge is 0.445 e. The van der Waals surface area contributed by atoms with Crippen LogP contribution in [0.3, 0.4) is 0 Å². The molecule has 1 amide bonds. The minimum atomic E-state index is -1.96. The fraction of sp³-hybridized carbons (Fsp3) is 0.417. The van der Waals surface area contributed by atoms with Crippen molar-refractivity contribution in [3.05, 3.63) is 35.9 Å². The maximum Gasteiger partial charge on any atom is 0.407 e. The molecule has 1 rings (SSSR count). The molecule has 0 aromatic heterocycles. The number of hydrogen-bond donors (Lipinski definition) is 4. The average Bonchev–Trinajstić information content (AvgIpc) is 2.44. The lowest BCUT2D eigenvalue weighted by molar-refractivity contribution is 0.129. The van der Waals surface area contributed by atoms with Crippen molar-refractivity contribution >= 4 is 17.2 Å². The molecule has 0 saturated carbocycles. The van der Waals surface area contributed by atoms with E-state index in [0.717, 1.165) is 5.56 Å². The van der Waals surface area contributed by atoms with Crippen LogP contribution in [0.1, 0.15) is 5.56 Å². The summed E-state index contributed by atoms with van der Waals surface area (Å²) < 4.78 is 24.0. The molecule has 0 aliphatic heterocycles. The SMILES string of the molecule is O=C(N[C@@H](CO)CNCS(=O)O)OCc1ccccc1. The number of alkyl carbamates (subject to hydrolysis) is 1. The van der Waals surface area contributed by atoms with Crippen molar-refractivity contribution in [3.63, 3.8) is 0 Å². The molecule has 4 N–H and O–H groups in total. The van der Waals surface area contributed by atoms with Crippen molar-refractivity contribution in [1.82, 2.24) is 10.6 Å². The predicted octanol–water partition coefficient (Wildman–Crippen LogP) is 0.0425. The van der Waals surface area contributed by atoms with Gasteiger partial charge < -0.3 is 25.0 Å². The van der Waals surface area contributed by atoms with Crippen LogP contribution in [0.4, 0.5) is 4.79 Å². The fourth-order valence-electron chi connectivity index (χ4n) is 1.41. The van der Waals surface area contributed by atoms with Crippen LogP contribution in [-0.2, 0) is 22.4 Å². The van der Waals surface area contributed by atoms with Crippen molar-refractivity contribution in [3.8, 4) is 0 Å². The van der Waals surface area contributed by atoms with Gasteiger partial charge in [0.2, 0.25) is 0 Å². The van der Waals surface area contributed by atoms with Crippen molar-refractivity contribution in [1.29, 1.82) is 0 Å². The number of hydrogen-bond acceptors (Lipinski definition) is 5. The molecule has 2 atom stereocenters. The van der Waals surface area contributed by atoms with E-state index in [1.54, 1.807) is 0 Å². The molecule has 0 aliphatic rings. The molecule has 7 nitrogen and oxygen atoms in total. The summed E-state index contributed by atoms with van der Waals surface area (Å²) in [7, 11) is 0. The average molecular weight is 302 g/mol. The van der Waals surface area contributed by atoms with Crippen molar-refractivity contribution in [2.45, 2.75) is 12.6 Å². The van der Waals surface area contributed by atoms with Crippen molar-refractivity contribution < 1.29 is 23.4 Å². The Balaban J connectivity index is 2.26. The number of benzene rings is 1. The van der Waals surface area contributed by atoms with Crippen LogP contribution < -0.4 is 10.6 Å². The zero-order valence-corrected chi connectivity index (χ0v) is 11.6. The lowest BCUT2D eigenvalue weighted by Crippen LogP contribution is -2.45. The van der Waals surface area contributed by atoms with Crippen LogP contribution in [-0.4, -0.2) is 45.0 Å². The number of amides is 1. The summed E-state index contributed by atoms with van der Waals surface area (Å²) in [6.45, 7) is 0.00758. The van der Waals surface area contributed by atoms with Gasteiger partial charge in [-0.3, -0.25) is 0 Å². The molecule has 1 aromatic rings. The zero-order chi connectivity index (χ0) is 14.8. The first-order valence-corrected chi connectivity index (χ1v) is 7.25. The minimum absolute atomic E-state index is 0.128. The molecule has 1 unspecified atom stereocenters. The third-order valence-electron chi connectivity index (χ3n) is 2.37. The third kappa shape index (κ3) is 7.19. The number of aliphatic hydroxyl groups excluding tert-OH is 1. The molecule has 112 valence electrons. The van der Waals surface area contributed by atoms with Gasteiger partial charge in [-0.25, -0.2) is 9.00 Å². The van der Waals surface area contributed by atoms with E-state index in [1.807, 2.05) is 30.3 Å². The maximum atomic E-state index is 11.5. The summed E-state index contributed by atoms with van der Waals surface area (Å²) in [6, 6.07) is 8.62. The van der Waals surface area contributed by atoms with Crippen LogP contribution >= 0.6 is 0 Å². The van der Waals surface area contributed by atoms with Crippen molar-refractivity contribution in [2.24, 2.45) is 0 Å². The van der Waals surface area contributed by atoms with Gasteiger partial charge in [0.25, 0.3) is 0 Å². The van der Waals surface area contributed by atoms with Crippen LogP contribution in [0.25, 0.3) is 0 Å². The lowest BCUT2D eigenvalue weighted by atomic mass is 10.2. The molecule has 0 fully saturated rings. The molecule has 0 spiro atoms. The minimum Gasteiger partial charge on any atom is -0.445 e. The third-order valence-corrected chi connectivity index (χ3v) is 2.82. The summed E-state index contributed by atoms with van der Waals surface area (Å²) in [6.07, 6.45) is -0.653. The Morgan fingerprint density at radius 2 is 2.05 bits per heavy atom. The number of ether oxygens (including phenoxy) is 1. The first-order chi connectivity index (χ1) is 9.61. The highest BCUT2D eigenvalue weighted by molar-refractivity contribution is 7.79. The Morgan fingerprint density at radius 1 is 1.35 bits per heavy atom. The zero-order valence-electron chi connectivity index (χ0n) is 10.8. The van der Waals surface area contributed by atoms with E-state index in [1.165, 1.54) is 0 Å². The molecular weight excluding hydrogens is 284 g/mol. The van der Waals surface area contributed by atoms with Gasteiger partial charge in [0, 0.05) is 6.54 Å². The second-order valence-corrected chi connectivity index (χ2v) is 4.94. The van der Waals surface area contributed by atoms with Gasteiger partial charge in [0.1, 0.15) is 6.61 Å². The number of carbonyl (C=O) groups is 1. The van der Waals surface area contributed by atoms with E-state index < -0.39 is 23.2 Å². The fourth-order valence-corrected chi connectivity index (χ4v) is 1.71. The van der Waals surface area contributed by atoms with E-state index in [9.17, 15) is 9.00 Å². The first-order valence-electron chi connectivity index (χ1n) is 5.98. The molecule has 0 bridgehead atoms. The Bertz CT molecular complexity index is 429. The van der Waals surface area contributed by atoms with Gasteiger partial charge in [0.05, 0.1) is 18.5 Å². The normalized spacial score (nSPS) is 13.5. The summed E-state index contributed by atoms with van der Waals surface area (Å²) >= 11 is -1.96. The highest BCUT2D eigenvalue weighted by atomic mass is 32.2. The summed E-state index contributed by atoms with van der Waals surface area (Å²) in [5.74, 6) is -0.128. The van der Waals surface area contributed by atoms with E-state index in [2.05, 4.69) is 10.6 Å². The second-order valence-electron chi connectivity index (χ2n) is 4.01. The number of carbonyl (C=O) groups excluding carboxylic acids is 1. The molecular formula is C12H18N2O5S. The van der Waals surface area contributed by atoms with Crippen LogP contribution in [0.2, 0.25) is 0 Å². The van der Waals surface area contributed by atoms with E-state index >= 15 is 0 Å². The molecule has 0 aliphatic carbocycles. The monoisotopic (exact) mass is 302 g/mol. The molecule has 20 heavy (non-hydrogen) atoms. The van der Waals surface area contributed by atoms with Crippen LogP contribution in [0.5, 0.6) is 0 Å². The highest BCUT2D eigenvalue weighted by Gasteiger charge is 2.12. The molecule has 1 aromatic carbocycles. The Kier molecular flexibility index (Phi) is 7.81. The van der Waals surface area contributed by atoms with Gasteiger partial charge >= 0.3 is 6.09 Å². The number of aliphatic hydroxyl groups is 1. The van der Waals surface area contributed by atoms with Gasteiger partial charge in [-0.15, -0.1) is 0 Å². The Hall–Kier alpha value is -1.48. The van der Waals surface area contributed by atoms with E-state index in [4.69, 9.17) is 14.4 Å². The van der Waals surface area contributed by atoms with Crippen molar-refractivity contribution in [2.75, 3.05) is 19.0 Å². The standard InChI is InChI=1S/C12H18N2O5S/c15-7-11(6-13-9-20(17)18)14-12(16)19-8-10-4-2-1-3-5-10/h1-5,11,13,15H,6-9H2,(H,14,16)(H,17,18)/t11-/m1/s1. The Morgan fingerprint density at radius 3 is 2.65 bits per heavy atom. The summed E-state index contributed by atoms with van der Waals surface area (Å²) in [4.78, 5) is 11.5. The number of nitrogens with one attached hydrogen (secondary N) is 2. The molecule has 0 radical (unpaired) electrons. The van der Waals surface area contributed by atoms with Gasteiger partial charge in [-0.2, -0.15) is 0 Å². The summed E-state index contributed by atoms with van der Waals surface area (Å²) in [5, 5.41) is 14.2. The van der Waals surface area contributed by atoms with E-state index in [0.29, 0.717) is 0 Å². The van der Waals surface area contributed by atoms with Gasteiger partial charge in [0.15, 0.2) is 11.1 Å². The van der Waals surface area contributed by atoms with Gasteiger partial charge in [-0.05, 0) is 5.56 Å². The smallest absolute Gasteiger partial charge is 0.407 e. The predicted molar refractivity (Wildman–Crippen MR) is 74.3 cm³/mol. The first kappa shape index (κ1) is 16.6. The second kappa shape index (κ2) is 9.43. The molecule has 0 saturated heterocycles. The topological polar surface area (TPSA) is 108 Å². The van der Waals surface area contributed by atoms with Crippen LogP contribution in [0.15, 0.2) is 30.3 Å². The number of rotatable bonds is 8. The highest BCUT2D eigenvalue weighted by Crippen LogP contribution is 2.00.